The second kappa shape index (κ2) is 8.56. The van der Waals surface area contributed by atoms with Crippen LogP contribution in [0.3, 0.4) is 0 Å². The van der Waals surface area contributed by atoms with Crippen LogP contribution in [0.5, 0.6) is 0 Å². The third kappa shape index (κ3) is 4.69. The fourth-order valence-corrected chi connectivity index (χ4v) is 2.91. The molecule has 2 heterocycles. The molecular formula is C13H22IN5S. The summed E-state index contributed by atoms with van der Waals surface area (Å²) in [6.45, 7) is 2.51. The van der Waals surface area contributed by atoms with E-state index in [4.69, 9.17) is 5.73 Å². The van der Waals surface area contributed by atoms with Gasteiger partial charge in [0.1, 0.15) is 0 Å². The SMILES string of the molecule is CN(C)c1cccnc1CN=C(N)N1CCSCC1.I. The molecule has 0 amide bonds. The van der Waals surface area contributed by atoms with Gasteiger partial charge in [-0.25, -0.2) is 4.99 Å². The summed E-state index contributed by atoms with van der Waals surface area (Å²) in [6, 6.07) is 3.99. The minimum Gasteiger partial charge on any atom is -0.376 e. The van der Waals surface area contributed by atoms with Gasteiger partial charge in [-0.3, -0.25) is 4.98 Å². The molecule has 1 aromatic rings. The molecule has 0 atom stereocenters. The molecular weight excluding hydrogens is 385 g/mol. The highest BCUT2D eigenvalue weighted by Gasteiger charge is 2.12. The number of anilines is 1. The number of rotatable bonds is 3. The molecule has 0 radical (unpaired) electrons. The van der Waals surface area contributed by atoms with Gasteiger partial charge in [-0.15, -0.1) is 24.0 Å². The lowest BCUT2D eigenvalue weighted by Crippen LogP contribution is -2.42. The summed E-state index contributed by atoms with van der Waals surface area (Å²) < 4.78 is 0. The Hall–Kier alpha value is -0.700. The van der Waals surface area contributed by atoms with E-state index in [-0.39, 0.29) is 24.0 Å². The lowest BCUT2D eigenvalue weighted by atomic mass is 10.3. The maximum absolute atomic E-state index is 6.05. The second-order valence-electron chi connectivity index (χ2n) is 4.64. The molecule has 0 bridgehead atoms. The van der Waals surface area contributed by atoms with E-state index in [1.165, 1.54) is 0 Å². The Labute approximate surface area is 142 Å². The van der Waals surface area contributed by atoms with Gasteiger partial charge < -0.3 is 15.5 Å². The molecule has 2 rings (SSSR count). The lowest BCUT2D eigenvalue weighted by Gasteiger charge is -2.27. The van der Waals surface area contributed by atoms with Crippen LogP contribution in [-0.2, 0) is 6.54 Å². The van der Waals surface area contributed by atoms with Crippen molar-refractivity contribution in [3.63, 3.8) is 0 Å². The van der Waals surface area contributed by atoms with Crippen LogP contribution in [-0.4, -0.2) is 54.5 Å². The highest BCUT2D eigenvalue weighted by atomic mass is 127. The molecule has 112 valence electrons. The standard InChI is InChI=1S/C13H21N5S.HI/c1-17(2)12-4-3-5-15-11(12)10-16-13(14)18-6-8-19-9-7-18;/h3-5H,6-10H2,1-2H3,(H2,14,16);1H. The van der Waals surface area contributed by atoms with Crippen LogP contribution in [0.1, 0.15) is 5.69 Å². The predicted octanol–water partition coefficient (Wildman–Crippen LogP) is 1.63. The molecule has 1 aliphatic rings. The van der Waals surface area contributed by atoms with Crippen LogP contribution in [0, 0.1) is 0 Å². The Bertz CT molecular complexity index is 446. The molecule has 1 fully saturated rings. The molecule has 2 N–H and O–H groups in total. The summed E-state index contributed by atoms with van der Waals surface area (Å²) >= 11 is 1.97. The van der Waals surface area contributed by atoms with E-state index >= 15 is 0 Å². The molecule has 7 heteroatoms. The third-order valence-electron chi connectivity index (χ3n) is 3.07. The largest absolute Gasteiger partial charge is 0.376 e. The van der Waals surface area contributed by atoms with Crippen molar-refractivity contribution < 1.29 is 0 Å². The van der Waals surface area contributed by atoms with E-state index in [1.54, 1.807) is 6.20 Å². The van der Waals surface area contributed by atoms with E-state index in [1.807, 2.05) is 42.9 Å². The molecule has 20 heavy (non-hydrogen) atoms. The van der Waals surface area contributed by atoms with Crippen molar-refractivity contribution >= 4 is 47.4 Å². The molecule has 5 nitrogen and oxygen atoms in total. The van der Waals surface area contributed by atoms with E-state index in [0.717, 1.165) is 36.0 Å². The fraction of sp³-hybridized carbons (Fsp3) is 0.538. The van der Waals surface area contributed by atoms with Crippen LogP contribution in [0.4, 0.5) is 5.69 Å². The van der Waals surface area contributed by atoms with Gasteiger partial charge in [-0.2, -0.15) is 11.8 Å². The Morgan fingerprint density at radius 3 is 2.80 bits per heavy atom. The number of nitrogens with two attached hydrogens (primary N) is 1. The van der Waals surface area contributed by atoms with Gasteiger partial charge in [0.2, 0.25) is 0 Å². The number of hydrogen-bond acceptors (Lipinski definition) is 4. The van der Waals surface area contributed by atoms with E-state index in [9.17, 15) is 0 Å². The minimum atomic E-state index is 0. The lowest BCUT2D eigenvalue weighted by molar-refractivity contribution is 0.455. The van der Waals surface area contributed by atoms with Gasteiger partial charge in [0.25, 0.3) is 0 Å². The topological polar surface area (TPSA) is 57.8 Å². The molecule has 1 aliphatic heterocycles. The number of pyridine rings is 1. The molecule has 1 saturated heterocycles. The molecule has 0 saturated carbocycles. The Morgan fingerprint density at radius 1 is 1.45 bits per heavy atom. The van der Waals surface area contributed by atoms with Crippen molar-refractivity contribution in [2.45, 2.75) is 6.54 Å². The Morgan fingerprint density at radius 2 is 2.15 bits per heavy atom. The zero-order valence-electron chi connectivity index (χ0n) is 12.0. The summed E-state index contributed by atoms with van der Waals surface area (Å²) in [5.41, 5.74) is 8.10. The number of nitrogens with zero attached hydrogens (tertiary/aromatic N) is 4. The minimum absolute atomic E-state index is 0. The van der Waals surface area contributed by atoms with Crippen LogP contribution < -0.4 is 10.6 Å². The van der Waals surface area contributed by atoms with Crippen molar-refractivity contribution in [2.24, 2.45) is 10.7 Å². The van der Waals surface area contributed by atoms with Crippen LogP contribution in [0.2, 0.25) is 0 Å². The monoisotopic (exact) mass is 407 g/mol. The average Bonchev–Trinajstić information content (AvgIpc) is 2.46. The summed E-state index contributed by atoms with van der Waals surface area (Å²) in [4.78, 5) is 13.1. The van der Waals surface area contributed by atoms with Gasteiger partial charge >= 0.3 is 0 Å². The van der Waals surface area contributed by atoms with Crippen molar-refractivity contribution in [2.75, 3.05) is 43.6 Å². The summed E-state index contributed by atoms with van der Waals surface area (Å²) in [7, 11) is 4.02. The van der Waals surface area contributed by atoms with E-state index < -0.39 is 0 Å². The first-order valence-electron chi connectivity index (χ1n) is 6.42. The van der Waals surface area contributed by atoms with Gasteiger partial charge in [0.15, 0.2) is 5.96 Å². The van der Waals surface area contributed by atoms with Crippen LogP contribution in [0.25, 0.3) is 0 Å². The Balaban J connectivity index is 0.00000200. The van der Waals surface area contributed by atoms with Crippen LogP contribution in [0.15, 0.2) is 23.3 Å². The van der Waals surface area contributed by atoms with Crippen molar-refractivity contribution in [3.8, 4) is 0 Å². The van der Waals surface area contributed by atoms with Gasteiger partial charge in [-0.1, -0.05) is 0 Å². The molecule has 0 aliphatic carbocycles. The first-order valence-corrected chi connectivity index (χ1v) is 7.58. The smallest absolute Gasteiger partial charge is 0.191 e. The quantitative estimate of drug-likeness (QED) is 0.469. The fourth-order valence-electron chi connectivity index (χ4n) is 2.01. The third-order valence-corrected chi connectivity index (χ3v) is 4.02. The number of thioether (sulfide) groups is 1. The highest BCUT2D eigenvalue weighted by Crippen LogP contribution is 2.16. The van der Waals surface area contributed by atoms with Gasteiger partial charge in [0.05, 0.1) is 17.9 Å². The highest BCUT2D eigenvalue weighted by molar-refractivity contribution is 14.0. The zero-order chi connectivity index (χ0) is 13.7. The van der Waals surface area contributed by atoms with E-state index in [0.29, 0.717) is 12.5 Å². The normalized spacial score (nSPS) is 15.7. The number of guanidine groups is 1. The zero-order valence-corrected chi connectivity index (χ0v) is 15.1. The predicted molar refractivity (Wildman–Crippen MR) is 98.2 cm³/mol. The van der Waals surface area contributed by atoms with Crippen LogP contribution >= 0.6 is 35.7 Å². The number of aromatic nitrogens is 1. The summed E-state index contributed by atoms with van der Waals surface area (Å²) in [5, 5.41) is 0. The Kier molecular flexibility index (Phi) is 7.42. The van der Waals surface area contributed by atoms with Crippen molar-refractivity contribution in [1.29, 1.82) is 0 Å². The molecule has 1 aromatic heterocycles. The van der Waals surface area contributed by atoms with Crippen molar-refractivity contribution in [1.82, 2.24) is 9.88 Å². The molecule has 0 unspecified atom stereocenters. The maximum atomic E-state index is 6.05. The average molecular weight is 407 g/mol. The summed E-state index contributed by atoms with van der Waals surface area (Å²) in [5.74, 6) is 2.89. The van der Waals surface area contributed by atoms with Gasteiger partial charge in [0, 0.05) is 44.9 Å². The number of hydrogen-bond donors (Lipinski definition) is 1. The van der Waals surface area contributed by atoms with Crippen molar-refractivity contribution in [3.05, 3.63) is 24.0 Å². The number of halogens is 1. The first kappa shape index (κ1) is 17.4. The molecule has 0 spiro atoms. The number of aliphatic imine (C=N–C) groups is 1. The molecule has 0 aromatic carbocycles. The van der Waals surface area contributed by atoms with Gasteiger partial charge in [-0.05, 0) is 12.1 Å². The maximum Gasteiger partial charge on any atom is 0.191 e. The van der Waals surface area contributed by atoms with E-state index in [2.05, 4.69) is 14.9 Å². The summed E-state index contributed by atoms with van der Waals surface area (Å²) in [6.07, 6.45) is 1.80. The second-order valence-corrected chi connectivity index (χ2v) is 5.86. The first-order chi connectivity index (χ1) is 9.18.